The van der Waals surface area contributed by atoms with Crippen LogP contribution in [0.5, 0.6) is 0 Å². The highest BCUT2D eigenvalue weighted by Gasteiger charge is 2.32. The summed E-state index contributed by atoms with van der Waals surface area (Å²) in [5.74, 6) is -0.526. The molecule has 11 heteroatoms. The number of esters is 1. The Hall–Kier alpha value is -3.21. The van der Waals surface area contributed by atoms with Gasteiger partial charge < -0.3 is 14.6 Å². The monoisotopic (exact) mass is 420 g/mol. The predicted molar refractivity (Wildman–Crippen MR) is 103 cm³/mol. The molecule has 0 aliphatic carbocycles. The first-order valence-corrected chi connectivity index (χ1v) is 10.3. The number of carbonyl (C=O) groups excluding carboxylic acids is 2. The van der Waals surface area contributed by atoms with Crippen LogP contribution < -0.4 is 10.0 Å². The third kappa shape index (κ3) is 4.45. The highest BCUT2D eigenvalue weighted by Crippen LogP contribution is 2.22. The second kappa shape index (κ2) is 8.03. The quantitative estimate of drug-likeness (QED) is 0.673. The van der Waals surface area contributed by atoms with Crippen molar-refractivity contribution >= 4 is 33.6 Å². The Kier molecular flexibility index (Phi) is 5.69. The van der Waals surface area contributed by atoms with Crippen LogP contribution in [0, 0.1) is 6.92 Å². The predicted octanol–water partition coefficient (Wildman–Crippen LogP) is 1.37. The molecule has 2 atom stereocenters. The molecule has 154 valence electrons. The van der Waals surface area contributed by atoms with Crippen molar-refractivity contribution < 1.29 is 27.3 Å². The standard InChI is InChI=1S/C18H20N4O6S/c1-4-13(17(23)20-15-9-10(2)28-21-15)27-18(24)11(3)19-16-12-7-5-6-8-14(12)29(25,26)22-16/h5-9,11,13H,4H2,1-3H3,(H,19,22)(H,20,21,23). The summed E-state index contributed by atoms with van der Waals surface area (Å²) in [6, 6.07) is 6.81. The lowest BCUT2D eigenvalue weighted by molar-refractivity contribution is -0.155. The molecule has 0 saturated heterocycles. The highest BCUT2D eigenvalue weighted by molar-refractivity contribution is 7.90. The van der Waals surface area contributed by atoms with E-state index in [2.05, 4.69) is 20.2 Å². The van der Waals surface area contributed by atoms with Gasteiger partial charge in [0.2, 0.25) is 0 Å². The topological polar surface area (TPSA) is 140 Å². The van der Waals surface area contributed by atoms with Gasteiger partial charge in [0, 0.05) is 11.6 Å². The Morgan fingerprint density at radius 2 is 2.07 bits per heavy atom. The number of benzene rings is 1. The molecule has 0 bridgehead atoms. The number of hydrogen-bond acceptors (Lipinski definition) is 8. The number of amidine groups is 1. The molecule has 1 aromatic heterocycles. The van der Waals surface area contributed by atoms with Crippen molar-refractivity contribution in [3.05, 3.63) is 41.7 Å². The van der Waals surface area contributed by atoms with Crippen molar-refractivity contribution in [2.24, 2.45) is 4.99 Å². The second-order valence-electron chi connectivity index (χ2n) is 6.40. The number of aryl methyl sites for hydroxylation is 1. The van der Waals surface area contributed by atoms with Crippen LogP contribution in [0.25, 0.3) is 0 Å². The van der Waals surface area contributed by atoms with Gasteiger partial charge in [-0.05, 0) is 32.4 Å². The van der Waals surface area contributed by atoms with Crippen LogP contribution in [0.2, 0.25) is 0 Å². The van der Waals surface area contributed by atoms with Crippen molar-refractivity contribution in [3.8, 4) is 0 Å². The molecule has 1 aromatic carbocycles. The smallest absolute Gasteiger partial charge is 0.331 e. The van der Waals surface area contributed by atoms with E-state index in [4.69, 9.17) is 9.26 Å². The van der Waals surface area contributed by atoms with Crippen molar-refractivity contribution in [2.45, 2.75) is 44.2 Å². The average Bonchev–Trinajstić information content (AvgIpc) is 3.20. The summed E-state index contributed by atoms with van der Waals surface area (Å²) >= 11 is 0. The molecule has 29 heavy (non-hydrogen) atoms. The van der Waals surface area contributed by atoms with Gasteiger partial charge in [-0.2, -0.15) is 0 Å². The molecule has 1 aliphatic rings. The number of sulfonamides is 1. The summed E-state index contributed by atoms with van der Waals surface area (Å²) in [6.45, 7) is 4.82. The molecule has 1 amide bonds. The van der Waals surface area contributed by atoms with E-state index in [1.807, 2.05) is 0 Å². The van der Waals surface area contributed by atoms with E-state index in [0.29, 0.717) is 11.3 Å². The van der Waals surface area contributed by atoms with Gasteiger partial charge in [-0.15, -0.1) is 0 Å². The first-order chi connectivity index (χ1) is 13.7. The molecular weight excluding hydrogens is 400 g/mol. The maximum atomic E-state index is 12.4. The van der Waals surface area contributed by atoms with Crippen LogP contribution in [0.1, 0.15) is 31.6 Å². The van der Waals surface area contributed by atoms with Crippen LogP contribution in [0.3, 0.4) is 0 Å². The summed E-state index contributed by atoms with van der Waals surface area (Å²) < 4.78 is 36.7. The lowest BCUT2D eigenvalue weighted by Gasteiger charge is -2.16. The minimum absolute atomic E-state index is 0.0561. The zero-order valence-electron chi connectivity index (χ0n) is 16.0. The first kappa shape index (κ1) is 20.5. The largest absolute Gasteiger partial charge is 0.451 e. The number of rotatable bonds is 6. The molecule has 0 radical (unpaired) electrons. The molecule has 0 saturated carbocycles. The molecule has 1 aliphatic heterocycles. The molecule has 2 unspecified atom stereocenters. The Labute approximate surface area is 167 Å². The number of carbonyl (C=O) groups is 2. The number of ether oxygens (including phenoxy) is 1. The lowest BCUT2D eigenvalue weighted by Crippen LogP contribution is -2.35. The van der Waals surface area contributed by atoms with Gasteiger partial charge in [0.05, 0.1) is 4.90 Å². The van der Waals surface area contributed by atoms with Crippen molar-refractivity contribution in [1.82, 2.24) is 9.88 Å². The molecule has 2 aromatic rings. The maximum Gasteiger partial charge on any atom is 0.331 e. The minimum atomic E-state index is -3.71. The summed E-state index contributed by atoms with van der Waals surface area (Å²) in [5.41, 5.74) is 0.373. The van der Waals surface area contributed by atoms with Crippen LogP contribution in [-0.4, -0.2) is 43.4 Å². The number of nitrogens with one attached hydrogen (secondary N) is 2. The first-order valence-electron chi connectivity index (χ1n) is 8.86. The molecule has 2 N–H and O–H groups in total. The molecule has 2 heterocycles. The number of aromatic nitrogens is 1. The van der Waals surface area contributed by atoms with E-state index in [1.165, 1.54) is 19.1 Å². The van der Waals surface area contributed by atoms with E-state index in [9.17, 15) is 18.0 Å². The molecule has 0 fully saturated rings. The Morgan fingerprint density at radius 1 is 1.34 bits per heavy atom. The second-order valence-corrected chi connectivity index (χ2v) is 8.05. The van der Waals surface area contributed by atoms with Crippen molar-refractivity contribution in [3.63, 3.8) is 0 Å². The van der Waals surface area contributed by atoms with Crippen LogP contribution in [0.4, 0.5) is 5.82 Å². The van der Waals surface area contributed by atoms with Crippen LogP contribution in [0.15, 0.2) is 44.7 Å². The summed E-state index contributed by atoms with van der Waals surface area (Å²) in [4.78, 5) is 29.0. The van der Waals surface area contributed by atoms with Gasteiger partial charge in [-0.1, -0.05) is 24.2 Å². The van der Waals surface area contributed by atoms with E-state index in [-0.39, 0.29) is 23.0 Å². The zero-order valence-corrected chi connectivity index (χ0v) is 16.8. The van der Waals surface area contributed by atoms with Crippen LogP contribution in [-0.2, 0) is 24.3 Å². The number of nitrogens with zero attached hydrogens (tertiary/aromatic N) is 2. The fourth-order valence-electron chi connectivity index (χ4n) is 2.67. The third-order valence-corrected chi connectivity index (χ3v) is 5.52. The fourth-order valence-corrected chi connectivity index (χ4v) is 3.91. The van der Waals surface area contributed by atoms with E-state index in [0.717, 1.165) is 0 Å². The van der Waals surface area contributed by atoms with Gasteiger partial charge in [0.1, 0.15) is 17.6 Å². The average molecular weight is 420 g/mol. The number of hydrogen-bond donors (Lipinski definition) is 2. The Morgan fingerprint density at radius 3 is 2.72 bits per heavy atom. The SMILES string of the molecule is CCC(OC(=O)C(C)N=C1NS(=O)(=O)c2ccccc21)C(=O)Nc1cc(C)on1. The normalized spacial score (nSPS) is 17.8. The van der Waals surface area contributed by atoms with E-state index in [1.54, 1.807) is 32.0 Å². The van der Waals surface area contributed by atoms with Crippen molar-refractivity contribution in [2.75, 3.05) is 5.32 Å². The summed E-state index contributed by atoms with van der Waals surface area (Å²) in [6.07, 6.45) is -0.831. The van der Waals surface area contributed by atoms with Crippen LogP contribution >= 0.6 is 0 Å². The fraction of sp³-hybridized carbons (Fsp3) is 0.333. The number of fused-ring (bicyclic) bond motifs is 1. The van der Waals surface area contributed by atoms with Crippen molar-refractivity contribution in [1.29, 1.82) is 0 Å². The maximum absolute atomic E-state index is 12.4. The highest BCUT2D eigenvalue weighted by atomic mass is 32.2. The summed E-state index contributed by atoms with van der Waals surface area (Å²) in [5, 5.41) is 6.16. The summed E-state index contributed by atoms with van der Waals surface area (Å²) in [7, 11) is -3.71. The Bertz CT molecular complexity index is 1080. The van der Waals surface area contributed by atoms with Gasteiger partial charge in [-0.25, -0.2) is 13.2 Å². The third-order valence-electron chi connectivity index (χ3n) is 4.13. The molecule has 3 rings (SSSR count). The molecule has 0 spiro atoms. The van der Waals surface area contributed by atoms with Gasteiger partial charge >= 0.3 is 5.97 Å². The number of anilines is 1. The van der Waals surface area contributed by atoms with Gasteiger partial charge in [0.25, 0.3) is 15.9 Å². The molecule has 10 nitrogen and oxygen atoms in total. The van der Waals surface area contributed by atoms with E-state index < -0.39 is 34.0 Å². The number of amides is 1. The number of aliphatic imine (C=N–C) groups is 1. The van der Waals surface area contributed by atoms with Gasteiger partial charge in [0.15, 0.2) is 11.9 Å². The van der Waals surface area contributed by atoms with E-state index >= 15 is 0 Å². The Balaban J connectivity index is 1.70. The minimum Gasteiger partial charge on any atom is -0.451 e. The zero-order chi connectivity index (χ0) is 21.2. The lowest BCUT2D eigenvalue weighted by atomic mass is 10.2. The van der Waals surface area contributed by atoms with Gasteiger partial charge in [-0.3, -0.25) is 14.5 Å². The molecular formula is C18H20N4O6S.